The Bertz CT molecular complexity index is 409. The number of rotatable bonds is 2. The lowest BCUT2D eigenvalue weighted by Gasteiger charge is -2.28. The zero-order valence-corrected chi connectivity index (χ0v) is 9.35. The number of halogens is 4. The number of aliphatic hydroxyl groups excluding tert-OH is 1. The highest BCUT2D eigenvalue weighted by atomic mass is 19.4. The van der Waals surface area contributed by atoms with Crippen molar-refractivity contribution in [1.29, 1.82) is 0 Å². The summed E-state index contributed by atoms with van der Waals surface area (Å²) in [6, 6.07) is 2.11. The maximum Gasteiger partial charge on any atom is 0.416 e. The van der Waals surface area contributed by atoms with E-state index in [4.69, 9.17) is 5.73 Å². The Labute approximate surface area is 96.1 Å². The summed E-state index contributed by atoms with van der Waals surface area (Å²) in [7, 11) is 0. The number of nitrogens with two attached hydrogens (primary N) is 1. The van der Waals surface area contributed by atoms with Gasteiger partial charge in [-0.2, -0.15) is 13.2 Å². The second kappa shape index (κ2) is 4.27. The van der Waals surface area contributed by atoms with Crippen LogP contribution in [0.4, 0.5) is 17.6 Å². The molecule has 96 valence electrons. The number of hydrogen-bond acceptors (Lipinski definition) is 2. The minimum Gasteiger partial charge on any atom is -0.386 e. The Hall–Kier alpha value is -1.14. The van der Waals surface area contributed by atoms with Crippen LogP contribution >= 0.6 is 0 Å². The van der Waals surface area contributed by atoms with E-state index in [1.807, 2.05) is 0 Å². The maximum absolute atomic E-state index is 12.8. The number of aliphatic hydroxyl groups is 1. The first kappa shape index (κ1) is 13.9. The van der Waals surface area contributed by atoms with Gasteiger partial charge in [0.05, 0.1) is 11.7 Å². The Morgan fingerprint density at radius 3 is 2.18 bits per heavy atom. The maximum atomic E-state index is 12.8. The Balaban J connectivity index is 3.34. The molecule has 1 aromatic rings. The number of hydrogen-bond donors (Lipinski definition) is 2. The van der Waals surface area contributed by atoms with Gasteiger partial charge in [-0.25, -0.2) is 4.39 Å². The minimum atomic E-state index is -4.73. The summed E-state index contributed by atoms with van der Waals surface area (Å²) >= 11 is 0. The first-order chi connectivity index (χ1) is 7.53. The second-order valence-corrected chi connectivity index (χ2v) is 4.45. The van der Waals surface area contributed by atoms with Gasteiger partial charge >= 0.3 is 6.18 Å². The van der Waals surface area contributed by atoms with E-state index in [0.29, 0.717) is 6.07 Å². The molecule has 1 atom stereocenters. The average Bonchev–Trinajstić information content (AvgIpc) is 2.14. The van der Waals surface area contributed by atoms with Crippen molar-refractivity contribution in [2.45, 2.75) is 31.7 Å². The summed E-state index contributed by atoms with van der Waals surface area (Å²) in [6.07, 6.45) is -6.26. The molecule has 0 spiro atoms. The third kappa shape index (κ3) is 3.17. The monoisotopic (exact) mass is 251 g/mol. The van der Waals surface area contributed by atoms with Crippen LogP contribution in [0, 0.1) is 5.82 Å². The quantitative estimate of drug-likeness (QED) is 0.794. The highest BCUT2D eigenvalue weighted by molar-refractivity contribution is 5.33. The summed E-state index contributed by atoms with van der Waals surface area (Å²) in [4.78, 5) is 0. The third-order valence-electron chi connectivity index (χ3n) is 2.32. The van der Waals surface area contributed by atoms with Crippen LogP contribution in [0.1, 0.15) is 31.1 Å². The van der Waals surface area contributed by atoms with Gasteiger partial charge in [0.1, 0.15) is 5.82 Å². The first-order valence-electron chi connectivity index (χ1n) is 4.87. The van der Waals surface area contributed by atoms with E-state index in [2.05, 4.69) is 0 Å². The van der Waals surface area contributed by atoms with Crippen molar-refractivity contribution in [2.75, 3.05) is 0 Å². The zero-order chi connectivity index (χ0) is 13.4. The lowest BCUT2D eigenvalue weighted by molar-refractivity contribution is -0.139. The predicted octanol–water partition coefficient (Wildman–Crippen LogP) is 2.62. The zero-order valence-electron chi connectivity index (χ0n) is 9.35. The average molecular weight is 251 g/mol. The van der Waals surface area contributed by atoms with Crippen LogP contribution in [0.5, 0.6) is 0 Å². The van der Waals surface area contributed by atoms with E-state index in [1.54, 1.807) is 0 Å². The molecule has 0 aliphatic heterocycles. The van der Waals surface area contributed by atoms with Gasteiger partial charge in [-0.15, -0.1) is 0 Å². The van der Waals surface area contributed by atoms with Crippen molar-refractivity contribution in [3.05, 3.63) is 35.1 Å². The fourth-order valence-corrected chi connectivity index (χ4v) is 1.41. The van der Waals surface area contributed by atoms with Gasteiger partial charge < -0.3 is 10.8 Å². The predicted molar refractivity (Wildman–Crippen MR) is 54.6 cm³/mol. The van der Waals surface area contributed by atoms with Crippen molar-refractivity contribution in [3.63, 3.8) is 0 Å². The van der Waals surface area contributed by atoms with Crippen LogP contribution in [0.2, 0.25) is 0 Å². The molecule has 1 aromatic carbocycles. The molecule has 2 nitrogen and oxygen atoms in total. The topological polar surface area (TPSA) is 46.2 Å². The molecule has 0 amide bonds. The van der Waals surface area contributed by atoms with Crippen LogP contribution in [0.3, 0.4) is 0 Å². The van der Waals surface area contributed by atoms with Gasteiger partial charge in [0.15, 0.2) is 0 Å². The summed E-state index contributed by atoms with van der Waals surface area (Å²) in [5.41, 5.74) is 2.67. The van der Waals surface area contributed by atoms with Crippen LogP contribution in [0.25, 0.3) is 0 Å². The minimum absolute atomic E-state index is 0.351. The van der Waals surface area contributed by atoms with Crippen LogP contribution in [-0.4, -0.2) is 10.6 Å². The lowest BCUT2D eigenvalue weighted by atomic mass is 9.89. The molecule has 0 aliphatic rings. The van der Waals surface area contributed by atoms with E-state index in [9.17, 15) is 22.7 Å². The standard InChI is InChI=1S/C11H13F4NO/c1-10(2,16)9(17)7-4-3-6(12)5-8(7)11(13,14)15/h3-5,9,17H,16H2,1-2H3. The van der Waals surface area contributed by atoms with E-state index in [-0.39, 0.29) is 0 Å². The summed E-state index contributed by atoms with van der Waals surface area (Å²) < 4.78 is 50.8. The molecule has 0 saturated heterocycles. The van der Waals surface area contributed by atoms with Gasteiger partial charge in [0.2, 0.25) is 0 Å². The van der Waals surface area contributed by atoms with Crippen molar-refractivity contribution < 1.29 is 22.7 Å². The van der Waals surface area contributed by atoms with E-state index in [0.717, 1.165) is 12.1 Å². The molecule has 6 heteroatoms. The molecule has 1 rings (SSSR count). The molecule has 0 radical (unpaired) electrons. The van der Waals surface area contributed by atoms with Crippen molar-refractivity contribution in [2.24, 2.45) is 5.73 Å². The molecular weight excluding hydrogens is 238 g/mol. The van der Waals surface area contributed by atoms with Gasteiger partial charge in [-0.05, 0) is 31.5 Å². The molecule has 1 unspecified atom stereocenters. The molecular formula is C11H13F4NO. The molecule has 0 heterocycles. The fourth-order valence-electron chi connectivity index (χ4n) is 1.41. The molecule has 0 fully saturated rings. The van der Waals surface area contributed by atoms with Crippen LogP contribution in [0.15, 0.2) is 18.2 Å². The highest BCUT2D eigenvalue weighted by Gasteiger charge is 2.38. The summed E-state index contributed by atoms with van der Waals surface area (Å²) in [5, 5.41) is 9.74. The number of benzene rings is 1. The molecule has 3 N–H and O–H groups in total. The normalized spacial score (nSPS) is 14.8. The molecule has 0 bridgehead atoms. The van der Waals surface area contributed by atoms with E-state index >= 15 is 0 Å². The van der Waals surface area contributed by atoms with Crippen LogP contribution < -0.4 is 5.73 Å². The Morgan fingerprint density at radius 1 is 1.24 bits per heavy atom. The summed E-state index contributed by atoms with van der Waals surface area (Å²) in [5.74, 6) is -1.01. The van der Waals surface area contributed by atoms with Crippen molar-refractivity contribution in [3.8, 4) is 0 Å². The van der Waals surface area contributed by atoms with Gasteiger partial charge in [-0.1, -0.05) is 6.07 Å². The fraction of sp³-hybridized carbons (Fsp3) is 0.455. The second-order valence-electron chi connectivity index (χ2n) is 4.45. The smallest absolute Gasteiger partial charge is 0.386 e. The lowest BCUT2D eigenvalue weighted by Crippen LogP contribution is -2.40. The van der Waals surface area contributed by atoms with Gasteiger partial charge in [0.25, 0.3) is 0 Å². The molecule has 0 aromatic heterocycles. The Kier molecular flexibility index (Phi) is 3.50. The van der Waals surface area contributed by atoms with Crippen molar-refractivity contribution >= 4 is 0 Å². The SMILES string of the molecule is CC(C)(N)C(O)c1ccc(F)cc1C(F)(F)F. The molecule has 0 aliphatic carbocycles. The van der Waals surface area contributed by atoms with E-state index < -0.39 is 34.8 Å². The van der Waals surface area contributed by atoms with Crippen LogP contribution in [-0.2, 0) is 6.18 Å². The van der Waals surface area contributed by atoms with E-state index in [1.165, 1.54) is 13.8 Å². The third-order valence-corrected chi connectivity index (χ3v) is 2.32. The molecule has 0 saturated carbocycles. The largest absolute Gasteiger partial charge is 0.416 e. The number of alkyl halides is 3. The summed E-state index contributed by atoms with van der Waals surface area (Å²) in [6.45, 7) is 2.78. The molecule has 17 heavy (non-hydrogen) atoms. The van der Waals surface area contributed by atoms with Gasteiger partial charge in [0, 0.05) is 5.54 Å². The first-order valence-corrected chi connectivity index (χ1v) is 4.87. The van der Waals surface area contributed by atoms with Crippen molar-refractivity contribution in [1.82, 2.24) is 0 Å². The Morgan fingerprint density at radius 2 is 1.76 bits per heavy atom. The highest BCUT2D eigenvalue weighted by Crippen LogP contribution is 2.37. The van der Waals surface area contributed by atoms with Gasteiger partial charge in [-0.3, -0.25) is 0 Å².